The Morgan fingerprint density at radius 2 is 1.55 bits per heavy atom. The van der Waals surface area contributed by atoms with Gasteiger partial charge in [0.15, 0.2) is 0 Å². The number of hydrogen-bond acceptors (Lipinski definition) is 5. The van der Waals surface area contributed by atoms with E-state index in [4.69, 9.17) is 11.5 Å². The molecule has 0 saturated heterocycles. The molecule has 0 atom stereocenters. The Morgan fingerprint density at radius 3 is 2.19 bits per heavy atom. The van der Waals surface area contributed by atoms with E-state index in [2.05, 4.69) is 16.9 Å². The number of rotatable bonds is 4. The number of carbonyl (C=O) groups excluding carboxylic acids is 1. The molecule has 4 aromatic rings. The Morgan fingerprint density at radius 1 is 0.839 bits per heavy atom. The topological polar surface area (TPSA) is 84.4 Å². The fraction of sp³-hybridized carbons (Fsp3) is 0.0800. The van der Waals surface area contributed by atoms with E-state index in [1.807, 2.05) is 84.6 Å². The van der Waals surface area contributed by atoms with Crippen LogP contribution in [0.25, 0.3) is 10.8 Å². The maximum Gasteiger partial charge on any atom is 0.258 e. The lowest BCUT2D eigenvalue weighted by Gasteiger charge is -2.15. The molecule has 5 nitrogen and oxygen atoms in total. The van der Waals surface area contributed by atoms with E-state index in [-0.39, 0.29) is 5.91 Å². The van der Waals surface area contributed by atoms with Crippen LogP contribution in [0.2, 0.25) is 0 Å². The maximum atomic E-state index is 12.5. The van der Waals surface area contributed by atoms with Gasteiger partial charge in [-0.1, -0.05) is 30.3 Å². The summed E-state index contributed by atoms with van der Waals surface area (Å²) < 4.78 is 3.34. The first-order valence-electron chi connectivity index (χ1n) is 10.0. The quantitative estimate of drug-likeness (QED) is 0.283. The molecule has 0 aromatic heterocycles. The first kappa shape index (κ1) is 20.6. The van der Waals surface area contributed by atoms with Gasteiger partial charge in [-0.05, 0) is 78.9 Å². The van der Waals surface area contributed by atoms with Gasteiger partial charge in [0.1, 0.15) is 0 Å². The van der Waals surface area contributed by atoms with Gasteiger partial charge in [-0.2, -0.15) is 0 Å². The Bertz CT molecular complexity index is 1210. The summed E-state index contributed by atoms with van der Waals surface area (Å²) in [5, 5.41) is 2.15. The molecule has 0 bridgehead atoms. The summed E-state index contributed by atoms with van der Waals surface area (Å²) >= 11 is 1.54. The minimum atomic E-state index is 0.0896. The van der Waals surface area contributed by atoms with Crippen molar-refractivity contribution in [2.24, 2.45) is 0 Å². The minimum absolute atomic E-state index is 0.0896. The summed E-state index contributed by atoms with van der Waals surface area (Å²) in [6, 6.07) is 27.2. The van der Waals surface area contributed by atoms with Gasteiger partial charge in [0.05, 0.1) is 5.69 Å². The predicted molar refractivity (Wildman–Crippen MR) is 132 cm³/mol. The van der Waals surface area contributed by atoms with Crippen molar-refractivity contribution in [2.75, 3.05) is 27.6 Å². The van der Waals surface area contributed by atoms with E-state index in [9.17, 15) is 4.79 Å². The fourth-order valence-electron chi connectivity index (χ4n) is 3.54. The van der Waals surface area contributed by atoms with Gasteiger partial charge in [-0.15, -0.1) is 0 Å². The molecule has 0 spiro atoms. The van der Waals surface area contributed by atoms with E-state index in [0.717, 1.165) is 44.0 Å². The van der Waals surface area contributed by atoms with E-state index in [1.54, 1.807) is 11.9 Å². The predicted octanol–water partition coefficient (Wildman–Crippen LogP) is 5.79. The second kappa shape index (κ2) is 9.02. The molecule has 0 aliphatic carbocycles. The lowest BCUT2D eigenvalue weighted by molar-refractivity contribution is 0.0994. The Hall–Kier alpha value is -3.64. The van der Waals surface area contributed by atoms with Crippen molar-refractivity contribution in [3.05, 3.63) is 90.5 Å². The lowest BCUT2D eigenvalue weighted by atomic mass is 10.1. The Balaban J connectivity index is 0.000000282. The molecule has 0 radical (unpaired) electrons. The first-order valence-corrected chi connectivity index (χ1v) is 10.9. The number of carbonyl (C=O) groups is 1. The summed E-state index contributed by atoms with van der Waals surface area (Å²) in [6.45, 7) is 2.68. The van der Waals surface area contributed by atoms with Crippen molar-refractivity contribution < 1.29 is 4.79 Å². The van der Waals surface area contributed by atoms with Crippen LogP contribution in [0.4, 0.5) is 22.7 Å². The average molecular weight is 429 g/mol. The van der Waals surface area contributed by atoms with Crippen LogP contribution in [0, 0.1) is 0 Å². The Labute approximate surface area is 186 Å². The van der Waals surface area contributed by atoms with Crippen LogP contribution >= 0.6 is 11.9 Å². The van der Waals surface area contributed by atoms with Gasteiger partial charge < -0.3 is 21.1 Å². The molecule has 0 saturated carbocycles. The molecule has 4 aromatic carbocycles. The molecule has 0 unspecified atom stereocenters. The van der Waals surface area contributed by atoms with E-state index < -0.39 is 0 Å². The number of anilines is 4. The SMILES string of the molecule is CCN1C(=O)c2cccc3c(SNc4ccc(N)cc4)ccc1c23.Nc1ccccc1. The maximum absolute atomic E-state index is 12.5. The number of nitrogen functional groups attached to an aromatic ring is 2. The smallest absolute Gasteiger partial charge is 0.258 e. The number of para-hydroxylation sites is 1. The molecular weight excluding hydrogens is 404 g/mol. The average Bonchev–Trinajstić information content (AvgIpc) is 3.08. The van der Waals surface area contributed by atoms with Gasteiger partial charge >= 0.3 is 0 Å². The zero-order valence-corrected chi connectivity index (χ0v) is 18.0. The van der Waals surface area contributed by atoms with Crippen LogP contribution < -0.4 is 21.1 Å². The molecule has 1 heterocycles. The highest BCUT2D eigenvalue weighted by Crippen LogP contribution is 2.41. The van der Waals surface area contributed by atoms with Crippen molar-refractivity contribution >= 4 is 51.4 Å². The van der Waals surface area contributed by atoms with Crippen molar-refractivity contribution in [2.45, 2.75) is 11.8 Å². The summed E-state index contributed by atoms with van der Waals surface area (Å²) in [5.41, 5.74) is 15.4. The standard InChI is InChI=1S/C19H17N3OS.C6H7N/c1-2-22-16-10-11-17(24-21-13-8-6-12(20)7-9-13)14-4-3-5-15(18(14)16)19(22)23;7-6-4-2-1-3-5-6/h3-11,21H,2,20H2,1H3;1-5H,7H2. The fourth-order valence-corrected chi connectivity index (χ4v) is 4.32. The molecule has 1 aliphatic rings. The van der Waals surface area contributed by atoms with Crippen LogP contribution in [0.5, 0.6) is 0 Å². The van der Waals surface area contributed by atoms with E-state index >= 15 is 0 Å². The molecule has 6 heteroatoms. The van der Waals surface area contributed by atoms with Crippen LogP contribution in [0.15, 0.2) is 89.8 Å². The summed E-state index contributed by atoms with van der Waals surface area (Å²) in [6.07, 6.45) is 0. The molecule has 5 rings (SSSR count). The van der Waals surface area contributed by atoms with Gasteiger partial charge in [0.2, 0.25) is 0 Å². The molecule has 31 heavy (non-hydrogen) atoms. The van der Waals surface area contributed by atoms with Crippen LogP contribution in [0.3, 0.4) is 0 Å². The zero-order valence-electron chi connectivity index (χ0n) is 17.2. The van der Waals surface area contributed by atoms with Crippen molar-refractivity contribution in [3.63, 3.8) is 0 Å². The van der Waals surface area contributed by atoms with Crippen LogP contribution in [0.1, 0.15) is 17.3 Å². The van der Waals surface area contributed by atoms with Crippen molar-refractivity contribution in [3.8, 4) is 0 Å². The van der Waals surface area contributed by atoms with Gasteiger partial charge in [0.25, 0.3) is 5.91 Å². The highest BCUT2D eigenvalue weighted by Gasteiger charge is 2.29. The number of hydrogen-bond donors (Lipinski definition) is 3. The first-order chi connectivity index (χ1) is 15.1. The van der Waals surface area contributed by atoms with Crippen molar-refractivity contribution in [1.82, 2.24) is 0 Å². The number of amides is 1. The third-order valence-electron chi connectivity index (χ3n) is 5.05. The van der Waals surface area contributed by atoms with Gasteiger partial charge in [0, 0.05) is 39.5 Å². The monoisotopic (exact) mass is 428 g/mol. The summed E-state index contributed by atoms with van der Waals surface area (Å²) in [7, 11) is 0. The van der Waals surface area contributed by atoms with Crippen molar-refractivity contribution in [1.29, 1.82) is 0 Å². The van der Waals surface area contributed by atoms with Crippen LogP contribution in [-0.4, -0.2) is 12.5 Å². The summed E-state index contributed by atoms with van der Waals surface area (Å²) in [4.78, 5) is 15.5. The normalized spacial score (nSPS) is 11.9. The second-order valence-corrected chi connectivity index (χ2v) is 7.95. The number of benzene rings is 4. The van der Waals surface area contributed by atoms with E-state index in [1.165, 1.54) is 0 Å². The van der Waals surface area contributed by atoms with Crippen LogP contribution in [-0.2, 0) is 0 Å². The third kappa shape index (κ3) is 4.29. The second-order valence-electron chi connectivity index (χ2n) is 7.10. The summed E-state index contributed by atoms with van der Waals surface area (Å²) in [5.74, 6) is 0.0896. The number of nitrogens with one attached hydrogen (secondary N) is 1. The lowest BCUT2D eigenvalue weighted by Crippen LogP contribution is -2.25. The van der Waals surface area contributed by atoms with Gasteiger partial charge in [-0.3, -0.25) is 4.79 Å². The molecule has 0 fully saturated rings. The minimum Gasteiger partial charge on any atom is -0.399 e. The molecule has 1 amide bonds. The molecule has 1 aliphatic heterocycles. The highest BCUT2D eigenvalue weighted by molar-refractivity contribution is 8.00. The molecule has 5 N–H and O–H groups in total. The highest BCUT2D eigenvalue weighted by atomic mass is 32.2. The molecule has 156 valence electrons. The third-order valence-corrected chi connectivity index (χ3v) is 5.96. The molecular formula is C25H24N4OS. The number of nitrogens with zero attached hydrogens (tertiary/aromatic N) is 1. The van der Waals surface area contributed by atoms with Gasteiger partial charge in [-0.25, -0.2) is 0 Å². The Kier molecular flexibility index (Phi) is 6.00. The zero-order chi connectivity index (χ0) is 21.8. The van der Waals surface area contributed by atoms with E-state index in [0.29, 0.717) is 6.54 Å². The largest absolute Gasteiger partial charge is 0.399 e. The number of nitrogens with two attached hydrogens (primary N) is 2.